The summed E-state index contributed by atoms with van der Waals surface area (Å²) in [5.41, 5.74) is 0. The number of carbonyl (C=O) groups excluding carboxylic acids is 1. The Labute approximate surface area is 121 Å². The molecule has 0 saturated heterocycles. The standard InChI is InChI=1S/C15H26O5/c1-12-10-19-14(16)9-7-5-4-6-8-13(18-3)15(12)20-11-17-2/h6,8,12-13,15H,4-5,7,9-11H2,1-3H3/b8-6+/t12-,13+,15+/m1/s1. The van der Waals surface area contributed by atoms with Crippen LogP contribution in [0.25, 0.3) is 0 Å². The molecule has 0 bridgehead atoms. The third kappa shape index (κ3) is 6.03. The van der Waals surface area contributed by atoms with E-state index in [-0.39, 0.29) is 30.9 Å². The average molecular weight is 286 g/mol. The maximum absolute atomic E-state index is 11.6. The Hall–Kier alpha value is -0.910. The van der Waals surface area contributed by atoms with E-state index in [0.29, 0.717) is 13.0 Å². The number of esters is 1. The van der Waals surface area contributed by atoms with Crippen LogP contribution in [0.1, 0.15) is 32.6 Å². The molecule has 0 aliphatic carbocycles. The summed E-state index contributed by atoms with van der Waals surface area (Å²) < 4.78 is 21.5. The molecule has 3 atom stereocenters. The summed E-state index contributed by atoms with van der Waals surface area (Å²) in [5, 5.41) is 0. The molecule has 1 aliphatic rings. The molecule has 5 heteroatoms. The molecule has 5 nitrogen and oxygen atoms in total. The summed E-state index contributed by atoms with van der Waals surface area (Å²) in [6.07, 6.45) is 7.00. The van der Waals surface area contributed by atoms with E-state index in [0.717, 1.165) is 19.3 Å². The van der Waals surface area contributed by atoms with E-state index >= 15 is 0 Å². The lowest BCUT2D eigenvalue weighted by Crippen LogP contribution is -2.38. The Bertz CT molecular complexity index is 303. The number of carbonyl (C=O) groups is 1. The van der Waals surface area contributed by atoms with Crippen molar-refractivity contribution >= 4 is 5.97 Å². The monoisotopic (exact) mass is 286 g/mol. The molecule has 0 amide bonds. The van der Waals surface area contributed by atoms with E-state index in [2.05, 4.69) is 6.08 Å². The minimum atomic E-state index is -0.205. The van der Waals surface area contributed by atoms with Gasteiger partial charge in [-0.05, 0) is 19.3 Å². The van der Waals surface area contributed by atoms with Crippen molar-refractivity contribution < 1.29 is 23.7 Å². The van der Waals surface area contributed by atoms with Crippen LogP contribution < -0.4 is 0 Å². The molecule has 1 heterocycles. The van der Waals surface area contributed by atoms with Crippen LogP contribution in [-0.4, -0.2) is 45.8 Å². The summed E-state index contributed by atoms with van der Waals surface area (Å²) in [4.78, 5) is 11.6. The fraction of sp³-hybridized carbons (Fsp3) is 0.800. The summed E-state index contributed by atoms with van der Waals surface area (Å²) in [5.74, 6) is -0.107. The number of hydrogen-bond acceptors (Lipinski definition) is 5. The van der Waals surface area contributed by atoms with Gasteiger partial charge in [0.2, 0.25) is 0 Å². The van der Waals surface area contributed by atoms with E-state index in [1.807, 2.05) is 13.0 Å². The molecule has 0 saturated carbocycles. The Balaban J connectivity index is 2.75. The largest absolute Gasteiger partial charge is 0.465 e. The first kappa shape index (κ1) is 17.1. The summed E-state index contributed by atoms with van der Waals surface area (Å²) in [7, 11) is 3.24. The minimum absolute atomic E-state index is 0.0307. The van der Waals surface area contributed by atoms with Gasteiger partial charge in [-0.2, -0.15) is 0 Å². The number of methoxy groups -OCH3 is 2. The third-order valence-electron chi connectivity index (χ3n) is 3.37. The SMILES string of the molecule is COCO[C@H]1[C@H](C)COC(=O)CCCC/C=C/[C@@H]1OC. The molecular weight excluding hydrogens is 260 g/mol. The molecule has 1 aliphatic heterocycles. The second-order valence-electron chi connectivity index (χ2n) is 5.07. The smallest absolute Gasteiger partial charge is 0.305 e. The highest BCUT2D eigenvalue weighted by Gasteiger charge is 2.27. The van der Waals surface area contributed by atoms with Crippen molar-refractivity contribution in [1.29, 1.82) is 0 Å². The molecule has 116 valence electrons. The van der Waals surface area contributed by atoms with Crippen molar-refractivity contribution in [3.63, 3.8) is 0 Å². The van der Waals surface area contributed by atoms with E-state index in [1.54, 1.807) is 14.2 Å². The first-order valence-corrected chi connectivity index (χ1v) is 7.14. The van der Waals surface area contributed by atoms with Crippen molar-refractivity contribution in [3.05, 3.63) is 12.2 Å². The fourth-order valence-electron chi connectivity index (χ4n) is 2.20. The molecule has 0 unspecified atom stereocenters. The maximum atomic E-state index is 11.6. The lowest BCUT2D eigenvalue weighted by Gasteiger charge is -2.29. The molecule has 1 rings (SSSR count). The lowest BCUT2D eigenvalue weighted by molar-refractivity contribution is -0.154. The van der Waals surface area contributed by atoms with Gasteiger partial charge in [-0.3, -0.25) is 4.79 Å². The molecule has 0 N–H and O–H groups in total. The molecule has 0 aromatic heterocycles. The Morgan fingerprint density at radius 3 is 2.85 bits per heavy atom. The molecule has 20 heavy (non-hydrogen) atoms. The van der Waals surface area contributed by atoms with Gasteiger partial charge in [0, 0.05) is 26.6 Å². The van der Waals surface area contributed by atoms with Gasteiger partial charge in [-0.15, -0.1) is 0 Å². The molecule has 0 aromatic carbocycles. The highest BCUT2D eigenvalue weighted by atomic mass is 16.7. The van der Waals surface area contributed by atoms with Crippen LogP contribution in [0.3, 0.4) is 0 Å². The van der Waals surface area contributed by atoms with Crippen molar-refractivity contribution in [2.24, 2.45) is 5.92 Å². The van der Waals surface area contributed by atoms with Crippen molar-refractivity contribution in [1.82, 2.24) is 0 Å². The first-order chi connectivity index (χ1) is 9.69. The maximum Gasteiger partial charge on any atom is 0.305 e. The topological polar surface area (TPSA) is 54.0 Å². The predicted molar refractivity (Wildman–Crippen MR) is 75.3 cm³/mol. The average Bonchev–Trinajstić information content (AvgIpc) is 2.45. The van der Waals surface area contributed by atoms with Gasteiger partial charge >= 0.3 is 5.97 Å². The number of cyclic esters (lactones) is 1. The molecule has 0 spiro atoms. The third-order valence-corrected chi connectivity index (χ3v) is 3.37. The second kappa shape index (κ2) is 9.91. The Morgan fingerprint density at radius 2 is 2.15 bits per heavy atom. The van der Waals surface area contributed by atoms with Crippen molar-refractivity contribution in [3.8, 4) is 0 Å². The zero-order valence-electron chi connectivity index (χ0n) is 12.7. The van der Waals surface area contributed by atoms with E-state index in [4.69, 9.17) is 18.9 Å². The summed E-state index contributed by atoms with van der Waals surface area (Å²) in [6.45, 7) is 2.51. The van der Waals surface area contributed by atoms with Crippen LogP contribution >= 0.6 is 0 Å². The van der Waals surface area contributed by atoms with Crippen LogP contribution in [-0.2, 0) is 23.7 Å². The van der Waals surface area contributed by atoms with Gasteiger partial charge in [0.1, 0.15) is 12.9 Å². The number of ether oxygens (including phenoxy) is 4. The zero-order valence-corrected chi connectivity index (χ0v) is 12.7. The summed E-state index contributed by atoms with van der Waals surface area (Å²) >= 11 is 0. The quantitative estimate of drug-likeness (QED) is 0.451. The van der Waals surface area contributed by atoms with Crippen LogP contribution in [0.5, 0.6) is 0 Å². The number of allylic oxidation sites excluding steroid dienone is 1. The van der Waals surface area contributed by atoms with Gasteiger partial charge in [0.25, 0.3) is 0 Å². The highest BCUT2D eigenvalue weighted by Crippen LogP contribution is 2.18. The van der Waals surface area contributed by atoms with Crippen LogP contribution in [0, 0.1) is 5.92 Å². The Kier molecular flexibility index (Phi) is 8.49. The fourth-order valence-corrected chi connectivity index (χ4v) is 2.20. The molecule has 0 aromatic rings. The van der Waals surface area contributed by atoms with Gasteiger partial charge < -0.3 is 18.9 Å². The van der Waals surface area contributed by atoms with Crippen molar-refractivity contribution in [2.75, 3.05) is 27.6 Å². The normalized spacial score (nSPS) is 30.9. The van der Waals surface area contributed by atoms with Gasteiger partial charge in [0.15, 0.2) is 0 Å². The van der Waals surface area contributed by atoms with Crippen molar-refractivity contribution in [2.45, 2.75) is 44.8 Å². The lowest BCUT2D eigenvalue weighted by atomic mass is 9.99. The van der Waals surface area contributed by atoms with Crippen LogP contribution in [0.4, 0.5) is 0 Å². The second-order valence-corrected chi connectivity index (χ2v) is 5.07. The molecular formula is C15H26O5. The number of hydrogen-bond donors (Lipinski definition) is 0. The van der Waals surface area contributed by atoms with E-state index in [9.17, 15) is 4.79 Å². The van der Waals surface area contributed by atoms with Crippen LogP contribution in [0.15, 0.2) is 12.2 Å². The van der Waals surface area contributed by atoms with Gasteiger partial charge in [-0.25, -0.2) is 0 Å². The predicted octanol–water partition coefficient (Wildman–Crippen LogP) is 2.30. The van der Waals surface area contributed by atoms with Gasteiger partial charge in [0.05, 0.1) is 12.7 Å². The van der Waals surface area contributed by atoms with E-state index in [1.165, 1.54) is 0 Å². The Morgan fingerprint density at radius 1 is 1.35 bits per heavy atom. The minimum Gasteiger partial charge on any atom is -0.465 e. The summed E-state index contributed by atoms with van der Waals surface area (Å²) in [6, 6.07) is 0. The van der Waals surface area contributed by atoms with E-state index < -0.39 is 0 Å². The molecule has 0 radical (unpaired) electrons. The van der Waals surface area contributed by atoms with Gasteiger partial charge in [-0.1, -0.05) is 19.1 Å². The van der Waals surface area contributed by atoms with Crippen LogP contribution in [0.2, 0.25) is 0 Å². The highest BCUT2D eigenvalue weighted by molar-refractivity contribution is 5.69. The number of rotatable bonds is 4. The zero-order chi connectivity index (χ0) is 14.8. The first-order valence-electron chi connectivity index (χ1n) is 7.14. The molecule has 0 fully saturated rings.